The van der Waals surface area contributed by atoms with Crippen LogP contribution in [-0.4, -0.2) is 15.0 Å². The SMILES string of the molecule is Fc1ccc(-c2nc3ccc(-c4nccs4)cc3nc2-c2cccs2)cc1. The predicted molar refractivity (Wildman–Crippen MR) is 109 cm³/mol. The van der Waals surface area contributed by atoms with Gasteiger partial charge in [-0.3, -0.25) is 0 Å². The topological polar surface area (TPSA) is 38.7 Å². The number of hydrogen-bond acceptors (Lipinski definition) is 5. The second-order valence-corrected chi connectivity index (χ2v) is 7.79. The van der Waals surface area contributed by atoms with Crippen LogP contribution in [0.25, 0.3) is 43.4 Å². The van der Waals surface area contributed by atoms with Crippen molar-refractivity contribution in [1.29, 1.82) is 0 Å². The second kappa shape index (κ2) is 6.64. The van der Waals surface area contributed by atoms with E-state index in [9.17, 15) is 4.39 Å². The highest BCUT2D eigenvalue weighted by molar-refractivity contribution is 7.13. The minimum atomic E-state index is -0.265. The Hall–Kier alpha value is -2.96. The normalized spacial score (nSPS) is 11.1. The summed E-state index contributed by atoms with van der Waals surface area (Å²) in [6, 6.07) is 16.4. The first-order valence-corrected chi connectivity index (χ1v) is 10.1. The lowest BCUT2D eigenvalue weighted by molar-refractivity contribution is 0.628. The number of fused-ring (bicyclic) bond motifs is 1. The van der Waals surface area contributed by atoms with E-state index in [2.05, 4.69) is 4.98 Å². The Labute approximate surface area is 162 Å². The molecule has 6 heteroatoms. The summed E-state index contributed by atoms with van der Waals surface area (Å²) in [4.78, 5) is 15.2. The molecule has 27 heavy (non-hydrogen) atoms. The van der Waals surface area contributed by atoms with Gasteiger partial charge in [0, 0.05) is 22.7 Å². The zero-order chi connectivity index (χ0) is 18.2. The van der Waals surface area contributed by atoms with Crippen molar-refractivity contribution < 1.29 is 4.39 Å². The van der Waals surface area contributed by atoms with Crippen molar-refractivity contribution in [1.82, 2.24) is 15.0 Å². The molecule has 0 unspecified atom stereocenters. The molecule has 0 saturated heterocycles. The van der Waals surface area contributed by atoms with E-state index in [0.717, 1.165) is 43.4 Å². The second-order valence-electron chi connectivity index (χ2n) is 5.95. The van der Waals surface area contributed by atoms with Crippen molar-refractivity contribution >= 4 is 33.7 Å². The van der Waals surface area contributed by atoms with Crippen molar-refractivity contribution in [3.8, 4) is 32.4 Å². The van der Waals surface area contributed by atoms with E-state index in [-0.39, 0.29) is 5.82 Å². The molecule has 5 rings (SSSR count). The van der Waals surface area contributed by atoms with Crippen molar-refractivity contribution in [3.05, 3.63) is 77.4 Å². The maximum Gasteiger partial charge on any atom is 0.123 e. The lowest BCUT2D eigenvalue weighted by Gasteiger charge is -2.10. The van der Waals surface area contributed by atoms with Crippen LogP contribution in [0.3, 0.4) is 0 Å². The van der Waals surface area contributed by atoms with Gasteiger partial charge in [0.15, 0.2) is 0 Å². The van der Waals surface area contributed by atoms with Gasteiger partial charge < -0.3 is 0 Å². The standard InChI is InChI=1S/C21H12FN3S2/c22-15-6-3-13(4-7-15)19-20(18-2-1-10-26-18)25-17-12-14(5-8-16(17)24-19)21-23-9-11-27-21/h1-12H. The summed E-state index contributed by atoms with van der Waals surface area (Å²) in [6.45, 7) is 0. The van der Waals surface area contributed by atoms with Crippen LogP contribution in [0.15, 0.2) is 71.6 Å². The molecule has 2 aromatic carbocycles. The zero-order valence-corrected chi connectivity index (χ0v) is 15.6. The van der Waals surface area contributed by atoms with Gasteiger partial charge in [0.25, 0.3) is 0 Å². The van der Waals surface area contributed by atoms with Crippen LogP contribution in [0.5, 0.6) is 0 Å². The lowest BCUT2D eigenvalue weighted by atomic mass is 10.1. The van der Waals surface area contributed by atoms with Crippen molar-refractivity contribution in [2.24, 2.45) is 0 Å². The maximum atomic E-state index is 13.4. The van der Waals surface area contributed by atoms with Crippen LogP contribution >= 0.6 is 22.7 Å². The summed E-state index contributed by atoms with van der Waals surface area (Å²) in [6.07, 6.45) is 1.80. The minimum absolute atomic E-state index is 0.265. The fourth-order valence-corrected chi connectivity index (χ4v) is 4.30. The van der Waals surface area contributed by atoms with E-state index < -0.39 is 0 Å². The molecule has 5 aromatic rings. The van der Waals surface area contributed by atoms with Crippen LogP contribution in [0, 0.1) is 5.82 Å². The van der Waals surface area contributed by atoms with Crippen molar-refractivity contribution in [3.63, 3.8) is 0 Å². The van der Waals surface area contributed by atoms with Gasteiger partial charge in [-0.2, -0.15) is 0 Å². The Bertz CT molecular complexity index is 1210. The van der Waals surface area contributed by atoms with Crippen molar-refractivity contribution in [2.75, 3.05) is 0 Å². The molecule has 3 nitrogen and oxygen atoms in total. The molecule has 0 amide bonds. The molecule has 0 aliphatic heterocycles. The number of halogens is 1. The number of thiophene rings is 1. The Balaban J connectivity index is 1.75. The average molecular weight is 389 g/mol. The first-order chi connectivity index (χ1) is 13.3. The molecule has 3 aromatic heterocycles. The third-order valence-electron chi connectivity index (χ3n) is 4.22. The van der Waals surface area contributed by atoms with Crippen molar-refractivity contribution in [2.45, 2.75) is 0 Å². The first-order valence-electron chi connectivity index (χ1n) is 8.29. The molecule has 3 heterocycles. The Morgan fingerprint density at radius 2 is 1.56 bits per heavy atom. The number of benzene rings is 2. The van der Waals surface area contributed by atoms with Gasteiger partial charge in [0.05, 0.1) is 21.6 Å². The Kier molecular flexibility index (Phi) is 3.99. The zero-order valence-electron chi connectivity index (χ0n) is 14.0. The van der Waals surface area contributed by atoms with Crippen LogP contribution < -0.4 is 0 Å². The third-order valence-corrected chi connectivity index (χ3v) is 5.91. The molecule has 0 aliphatic carbocycles. The first kappa shape index (κ1) is 16.2. The predicted octanol–water partition coefficient (Wildman–Crippen LogP) is 6.29. The van der Waals surface area contributed by atoms with Crippen LogP contribution in [0.4, 0.5) is 4.39 Å². The van der Waals surface area contributed by atoms with E-state index in [1.165, 1.54) is 12.1 Å². The Morgan fingerprint density at radius 1 is 0.741 bits per heavy atom. The van der Waals surface area contributed by atoms with Crippen LogP contribution in [-0.2, 0) is 0 Å². The lowest BCUT2D eigenvalue weighted by Crippen LogP contribution is -1.95. The highest BCUT2D eigenvalue weighted by Crippen LogP contribution is 2.34. The van der Waals surface area contributed by atoms with Gasteiger partial charge in [0.1, 0.15) is 16.5 Å². The minimum Gasteiger partial charge on any atom is -0.245 e. The van der Waals surface area contributed by atoms with Crippen LogP contribution in [0.2, 0.25) is 0 Å². The van der Waals surface area contributed by atoms with E-state index >= 15 is 0 Å². The van der Waals surface area contributed by atoms with Gasteiger partial charge in [-0.25, -0.2) is 19.3 Å². The number of hydrogen-bond donors (Lipinski definition) is 0. The largest absolute Gasteiger partial charge is 0.245 e. The number of thiazole rings is 1. The maximum absolute atomic E-state index is 13.4. The molecule has 0 fully saturated rings. The molecule has 0 N–H and O–H groups in total. The Morgan fingerprint density at radius 3 is 2.30 bits per heavy atom. The fraction of sp³-hybridized carbons (Fsp3) is 0. The average Bonchev–Trinajstić information content (AvgIpc) is 3.41. The molecule has 0 radical (unpaired) electrons. The monoisotopic (exact) mass is 389 g/mol. The highest BCUT2D eigenvalue weighted by atomic mass is 32.1. The molecule has 0 spiro atoms. The highest BCUT2D eigenvalue weighted by Gasteiger charge is 2.15. The van der Waals surface area contributed by atoms with Gasteiger partial charge in [-0.1, -0.05) is 6.07 Å². The molecule has 0 saturated carbocycles. The van der Waals surface area contributed by atoms with Gasteiger partial charge >= 0.3 is 0 Å². The van der Waals surface area contributed by atoms with Gasteiger partial charge in [-0.15, -0.1) is 22.7 Å². The molecule has 130 valence electrons. The van der Waals surface area contributed by atoms with E-state index in [4.69, 9.17) is 9.97 Å². The molecule has 0 atom stereocenters. The summed E-state index contributed by atoms with van der Waals surface area (Å²) in [5.74, 6) is -0.265. The number of aromatic nitrogens is 3. The summed E-state index contributed by atoms with van der Waals surface area (Å²) >= 11 is 3.21. The molecular weight excluding hydrogens is 377 g/mol. The summed E-state index contributed by atoms with van der Waals surface area (Å²) in [5, 5.41) is 4.93. The third kappa shape index (κ3) is 3.03. The van der Waals surface area contributed by atoms with Gasteiger partial charge in [-0.05, 0) is 53.9 Å². The molecule has 0 aliphatic rings. The summed E-state index contributed by atoms with van der Waals surface area (Å²) < 4.78 is 13.4. The van der Waals surface area contributed by atoms with E-state index in [1.54, 1.807) is 41.0 Å². The molecule has 0 bridgehead atoms. The van der Waals surface area contributed by atoms with Crippen LogP contribution in [0.1, 0.15) is 0 Å². The van der Waals surface area contributed by atoms with Gasteiger partial charge in [0.2, 0.25) is 0 Å². The van der Waals surface area contributed by atoms with E-state index in [1.807, 2.05) is 41.1 Å². The molecular formula is C21H12FN3S2. The van der Waals surface area contributed by atoms with E-state index in [0.29, 0.717) is 0 Å². The smallest absolute Gasteiger partial charge is 0.123 e. The quantitative estimate of drug-likeness (QED) is 0.364. The summed E-state index contributed by atoms with van der Waals surface area (Å²) in [5.41, 5.74) is 5.05. The number of rotatable bonds is 3. The summed E-state index contributed by atoms with van der Waals surface area (Å²) in [7, 11) is 0. The number of nitrogens with zero attached hydrogens (tertiary/aromatic N) is 3. The fourth-order valence-electron chi connectivity index (χ4n) is 2.95.